The molecule has 7 heteroatoms. The Balaban J connectivity index is 2.05. The van der Waals surface area contributed by atoms with Crippen molar-refractivity contribution >= 4 is 23.2 Å². The number of carboxylic acids is 1. The number of likely N-dealkylation sites (tertiary alicyclic amines) is 1. The van der Waals surface area contributed by atoms with Crippen LogP contribution in [-0.2, 0) is 9.53 Å². The Morgan fingerprint density at radius 2 is 2.19 bits per heavy atom. The topological polar surface area (TPSA) is 87.1 Å². The Kier molecular flexibility index (Phi) is 8.06. The molecule has 2 N–H and O–H groups in total. The van der Waals surface area contributed by atoms with E-state index in [2.05, 4.69) is 6.92 Å². The van der Waals surface area contributed by atoms with Crippen LogP contribution in [0.4, 0.5) is 0 Å². The summed E-state index contributed by atoms with van der Waals surface area (Å²) in [4.78, 5) is 25.8. The molecule has 0 bridgehead atoms. The maximum absolute atomic E-state index is 12.3. The Morgan fingerprint density at radius 1 is 1.42 bits per heavy atom. The molecule has 3 atom stereocenters. The lowest BCUT2D eigenvalue weighted by atomic mass is 10.00. The fourth-order valence-electron chi connectivity index (χ4n) is 3.63. The van der Waals surface area contributed by atoms with E-state index in [4.69, 9.17) is 4.74 Å². The van der Waals surface area contributed by atoms with Crippen molar-refractivity contribution in [1.82, 2.24) is 4.90 Å². The second kappa shape index (κ2) is 10.0. The molecule has 0 aromatic carbocycles. The fourth-order valence-corrected chi connectivity index (χ4v) is 4.40. The van der Waals surface area contributed by atoms with E-state index in [1.165, 1.54) is 11.3 Å². The second-order valence-corrected chi connectivity index (χ2v) is 7.71. The third-order valence-electron chi connectivity index (χ3n) is 5.02. The number of rotatable bonds is 11. The molecule has 1 unspecified atom stereocenters. The molecule has 1 saturated heterocycles. The summed E-state index contributed by atoms with van der Waals surface area (Å²) >= 11 is 1.17. The van der Waals surface area contributed by atoms with Crippen molar-refractivity contribution in [1.29, 1.82) is 0 Å². The van der Waals surface area contributed by atoms with Gasteiger partial charge in [-0.2, -0.15) is 0 Å². The molecule has 1 amide bonds. The molecule has 1 aromatic rings. The Labute approximate surface area is 158 Å². The molecule has 26 heavy (non-hydrogen) atoms. The molecule has 1 aliphatic heterocycles. The second-order valence-electron chi connectivity index (χ2n) is 6.80. The lowest BCUT2D eigenvalue weighted by molar-refractivity contribution is -0.131. The van der Waals surface area contributed by atoms with Crippen LogP contribution in [0, 0.1) is 0 Å². The zero-order valence-electron chi connectivity index (χ0n) is 15.5. The summed E-state index contributed by atoms with van der Waals surface area (Å²) < 4.78 is 5.62. The highest BCUT2D eigenvalue weighted by atomic mass is 32.1. The van der Waals surface area contributed by atoms with Crippen LogP contribution < -0.4 is 0 Å². The quantitative estimate of drug-likeness (QED) is 0.572. The van der Waals surface area contributed by atoms with Crippen molar-refractivity contribution in [2.45, 2.75) is 70.1 Å². The summed E-state index contributed by atoms with van der Waals surface area (Å²) in [7, 11) is 1.55. The third kappa shape index (κ3) is 5.05. The summed E-state index contributed by atoms with van der Waals surface area (Å²) in [6.07, 6.45) is 4.70. The van der Waals surface area contributed by atoms with Gasteiger partial charge in [0.2, 0.25) is 5.91 Å². The number of amides is 1. The number of hydrogen-bond acceptors (Lipinski definition) is 5. The average Bonchev–Trinajstić information content (AvgIpc) is 3.22. The van der Waals surface area contributed by atoms with Crippen molar-refractivity contribution in [3.8, 4) is 0 Å². The standard InChI is InChI=1S/C19H29NO5S/c1-3-4-5-6-13(21)9-11-20-15(7-8-16(20)22)17(25-2)14-10-12-26-18(14)19(23)24/h10,12-13,15,17,21H,3-9,11H2,1-2H3,(H,23,24)/t13-,15?,17+/m0/s1. The first-order chi connectivity index (χ1) is 12.5. The van der Waals surface area contributed by atoms with Crippen molar-refractivity contribution in [3.63, 3.8) is 0 Å². The molecule has 146 valence electrons. The van der Waals surface area contributed by atoms with Gasteiger partial charge in [-0.25, -0.2) is 4.79 Å². The molecular formula is C19H29NO5S. The van der Waals surface area contributed by atoms with E-state index in [0.717, 1.165) is 25.7 Å². The fraction of sp³-hybridized carbons (Fsp3) is 0.684. The number of aromatic carboxylic acids is 1. The molecule has 1 aromatic heterocycles. The van der Waals surface area contributed by atoms with Crippen molar-refractivity contribution < 1.29 is 24.5 Å². The molecule has 0 radical (unpaired) electrons. The van der Waals surface area contributed by atoms with Gasteiger partial charge in [-0.1, -0.05) is 26.2 Å². The van der Waals surface area contributed by atoms with Crippen molar-refractivity contribution in [2.75, 3.05) is 13.7 Å². The van der Waals surface area contributed by atoms with Crippen LogP contribution in [0.2, 0.25) is 0 Å². The number of nitrogens with zero attached hydrogens (tertiary/aromatic N) is 1. The van der Waals surface area contributed by atoms with Gasteiger partial charge in [0.15, 0.2) is 0 Å². The van der Waals surface area contributed by atoms with Crippen LogP contribution in [-0.4, -0.2) is 52.8 Å². The van der Waals surface area contributed by atoms with E-state index in [1.807, 2.05) is 0 Å². The number of carbonyl (C=O) groups is 2. The summed E-state index contributed by atoms with van der Waals surface area (Å²) in [5, 5.41) is 21.3. The zero-order valence-corrected chi connectivity index (χ0v) is 16.3. The maximum Gasteiger partial charge on any atom is 0.346 e. The predicted octanol–water partition coefficient (Wildman–Crippen LogP) is 3.46. The van der Waals surface area contributed by atoms with E-state index in [1.54, 1.807) is 23.5 Å². The highest BCUT2D eigenvalue weighted by Crippen LogP contribution is 2.36. The summed E-state index contributed by atoms with van der Waals surface area (Å²) in [6, 6.07) is 1.58. The minimum Gasteiger partial charge on any atom is -0.477 e. The van der Waals surface area contributed by atoms with E-state index in [9.17, 15) is 19.8 Å². The van der Waals surface area contributed by atoms with Crippen LogP contribution >= 0.6 is 11.3 Å². The number of thiophene rings is 1. The van der Waals surface area contributed by atoms with E-state index in [-0.39, 0.29) is 16.8 Å². The van der Waals surface area contributed by atoms with Gasteiger partial charge in [-0.3, -0.25) is 4.79 Å². The Hall–Kier alpha value is -1.44. The Morgan fingerprint density at radius 3 is 2.85 bits per heavy atom. The largest absolute Gasteiger partial charge is 0.477 e. The molecule has 0 spiro atoms. The molecule has 1 fully saturated rings. The number of carbonyl (C=O) groups excluding carboxylic acids is 1. The van der Waals surface area contributed by atoms with Crippen LogP contribution in [0.15, 0.2) is 11.4 Å². The normalized spacial score (nSPS) is 19.7. The molecule has 0 aliphatic carbocycles. The summed E-state index contributed by atoms with van der Waals surface area (Å²) in [6.45, 7) is 2.60. The van der Waals surface area contributed by atoms with E-state index < -0.39 is 18.2 Å². The van der Waals surface area contributed by atoms with Gasteiger partial charge < -0.3 is 19.8 Å². The summed E-state index contributed by atoms with van der Waals surface area (Å²) in [5.41, 5.74) is 0.623. The van der Waals surface area contributed by atoms with Gasteiger partial charge in [0.1, 0.15) is 11.0 Å². The average molecular weight is 384 g/mol. The minimum atomic E-state index is -0.973. The molecule has 0 saturated carbocycles. The smallest absolute Gasteiger partial charge is 0.346 e. The predicted molar refractivity (Wildman–Crippen MR) is 101 cm³/mol. The Bertz CT molecular complexity index is 603. The lowest BCUT2D eigenvalue weighted by Gasteiger charge is -2.31. The number of ether oxygens (including phenoxy) is 1. The number of hydrogen-bond donors (Lipinski definition) is 2. The van der Waals surface area contributed by atoms with Gasteiger partial charge in [0, 0.05) is 25.6 Å². The van der Waals surface area contributed by atoms with E-state index >= 15 is 0 Å². The number of methoxy groups -OCH3 is 1. The van der Waals surface area contributed by atoms with Crippen molar-refractivity contribution in [2.24, 2.45) is 0 Å². The zero-order chi connectivity index (χ0) is 19.1. The molecule has 2 heterocycles. The lowest BCUT2D eigenvalue weighted by Crippen LogP contribution is -2.39. The van der Waals surface area contributed by atoms with Gasteiger partial charge in [0.25, 0.3) is 0 Å². The first-order valence-electron chi connectivity index (χ1n) is 9.30. The number of unbranched alkanes of at least 4 members (excludes halogenated alkanes) is 2. The van der Waals surface area contributed by atoms with Crippen molar-refractivity contribution in [3.05, 3.63) is 21.9 Å². The molecular weight excluding hydrogens is 354 g/mol. The van der Waals surface area contributed by atoms with Gasteiger partial charge >= 0.3 is 5.97 Å². The first-order valence-corrected chi connectivity index (χ1v) is 10.2. The molecule has 2 rings (SSSR count). The summed E-state index contributed by atoms with van der Waals surface area (Å²) in [5.74, 6) is -0.927. The minimum absolute atomic E-state index is 0.0462. The van der Waals surface area contributed by atoms with Gasteiger partial charge in [0.05, 0.1) is 12.1 Å². The van der Waals surface area contributed by atoms with Crippen LogP contribution in [0.3, 0.4) is 0 Å². The van der Waals surface area contributed by atoms with Gasteiger partial charge in [-0.15, -0.1) is 11.3 Å². The third-order valence-corrected chi connectivity index (χ3v) is 5.94. The number of aliphatic hydroxyl groups excluding tert-OH is 1. The molecule has 1 aliphatic rings. The van der Waals surface area contributed by atoms with Crippen LogP contribution in [0.25, 0.3) is 0 Å². The highest BCUT2D eigenvalue weighted by Gasteiger charge is 2.39. The van der Waals surface area contributed by atoms with Crippen LogP contribution in [0.5, 0.6) is 0 Å². The maximum atomic E-state index is 12.3. The molecule has 6 nitrogen and oxygen atoms in total. The number of aliphatic hydroxyl groups is 1. The SMILES string of the molecule is CCCCC[C@H](O)CCN1C(=O)CCC1[C@H](OC)c1ccsc1C(=O)O. The first kappa shape index (κ1) is 20.9. The number of carboxylic acid groups (broad SMARTS) is 1. The highest BCUT2D eigenvalue weighted by molar-refractivity contribution is 7.12. The van der Waals surface area contributed by atoms with Gasteiger partial charge in [-0.05, 0) is 30.7 Å². The monoisotopic (exact) mass is 383 g/mol. The van der Waals surface area contributed by atoms with Crippen LogP contribution in [0.1, 0.15) is 73.2 Å². The van der Waals surface area contributed by atoms with E-state index in [0.29, 0.717) is 31.4 Å².